The lowest BCUT2D eigenvalue weighted by molar-refractivity contribution is -0.150. The highest BCUT2D eigenvalue weighted by Crippen LogP contribution is 2.29. The fraction of sp³-hybridized carbons (Fsp3) is 0.391. The molecule has 1 aliphatic carbocycles. The summed E-state index contributed by atoms with van der Waals surface area (Å²) in [6, 6.07) is 17.5. The fourth-order valence-corrected chi connectivity index (χ4v) is 3.55. The number of hydrogen-bond acceptors (Lipinski definition) is 4. The first-order valence-electron chi connectivity index (χ1n) is 9.85. The molecule has 2 aromatic rings. The van der Waals surface area contributed by atoms with Gasteiger partial charge in [0.15, 0.2) is 13.2 Å². The highest BCUT2D eigenvalue weighted by Gasteiger charge is 2.23. The molecule has 1 fully saturated rings. The molecule has 1 saturated carbocycles. The quantitative estimate of drug-likeness (QED) is 0.737. The maximum absolute atomic E-state index is 12.0. The fourth-order valence-electron chi connectivity index (χ4n) is 3.55. The van der Waals surface area contributed by atoms with Crippen LogP contribution in [0.15, 0.2) is 54.6 Å². The van der Waals surface area contributed by atoms with Crippen LogP contribution in [0.3, 0.4) is 0 Å². The Hall–Kier alpha value is -2.82. The van der Waals surface area contributed by atoms with Crippen LogP contribution in [0, 0.1) is 5.92 Å². The van der Waals surface area contributed by atoms with E-state index in [2.05, 4.69) is 12.2 Å². The van der Waals surface area contributed by atoms with Gasteiger partial charge in [-0.25, -0.2) is 4.79 Å². The maximum atomic E-state index is 12.0. The molecule has 0 radical (unpaired) electrons. The Bertz CT molecular complexity index is 790. The summed E-state index contributed by atoms with van der Waals surface area (Å²) < 4.78 is 10.7. The van der Waals surface area contributed by atoms with Crippen LogP contribution in [-0.2, 0) is 14.3 Å². The molecular formula is C23H27NO4. The predicted molar refractivity (Wildman–Crippen MR) is 108 cm³/mol. The van der Waals surface area contributed by atoms with Gasteiger partial charge in [-0.15, -0.1) is 0 Å². The predicted octanol–water partition coefficient (Wildman–Crippen LogP) is 3.97. The number of hydrogen-bond donors (Lipinski definition) is 1. The van der Waals surface area contributed by atoms with E-state index in [9.17, 15) is 9.59 Å². The number of para-hydroxylation sites is 1. The zero-order valence-corrected chi connectivity index (χ0v) is 16.2. The Kier molecular flexibility index (Phi) is 7.06. The lowest BCUT2D eigenvalue weighted by atomic mass is 9.86. The summed E-state index contributed by atoms with van der Waals surface area (Å²) in [5.74, 6) is 0.254. The minimum atomic E-state index is -0.560. The molecule has 2 atom stereocenters. The van der Waals surface area contributed by atoms with Crippen molar-refractivity contribution in [3.63, 3.8) is 0 Å². The van der Waals surface area contributed by atoms with Crippen molar-refractivity contribution in [2.24, 2.45) is 5.92 Å². The normalized spacial score (nSPS) is 18.9. The molecule has 2 aromatic carbocycles. The number of nitrogens with one attached hydrogen (secondary N) is 1. The second-order valence-electron chi connectivity index (χ2n) is 7.25. The van der Waals surface area contributed by atoms with Crippen LogP contribution in [0.2, 0.25) is 0 Å². The Morgan fingerprint density at radius 2 is 1.68 bits per heavy atom. The Morgan fingerprint density at radius 3 is 2.46 bits per heavy atom. The molecule has 148 valence electrons. The summed E-state index contributed by atoms with van der Waals surface area (Å²) in [6.45, 7) is 1.64. The second kappa shape index (κ2) is 9.93. The van der Waals surface area contributed by atoms with E-state index in [1.807, 2.05) is 54.6 Å². The van der Waals surface area contributed by atoms with Gasteiger partial charge in [-0.05, 0) is 30.4 Å². The summed E-state index contributed by atoms with van der Waals surface area (Å²) >= 11 is 0. The molecule has 1 aliphatic rings. The number of carbonyl (C=O) groups excluding carboxylic acids is 2. The summed E-state index contributed by atoms with van der Waals surface area (Å²) in [7, 11) is 0. The highest BCUT2D eigenvalue weighted by molar-refractivity contribution is 5.81. The maximum Gasteiger partial charge on any atom is 0.344 e. The summed E-state index contributed by atoms with van der Waals surface area (Å²) in [5.41, 5.74) is 1.91. The zero-order chi connectivity index (χ0) is 19.8. The van der Waals surface area contributed by atoms with Crippen molar-refractivity contribution in [1.82, 2.24) is 5.32 Å². The van der Waals surface area contributed by atoms with Crippen LogP contribution < -0.4 is 10.1 Å². The molecule has 0 bridgehead atoms. The monoisotopic (exact) mass is 381 g/mol. The Labute approximate surface area is 166 Å². The molecule has 0 heterocycles. The van der Waals surface area contributed by atoms with Gasteiger partial charge in [-0.1, -0.05) is 68.3 Å². The molecule has 5 nitrogen and oxygen atoms in total. The number of esters is 1. The minimum Gasteiger partial charge on any atom is -0.481 e. The average molecular weight is 381 g/mol. The molecule has 1 N–H and O–H groups in total. The van der Waals surface area contributed by atoms with Crippen LogP contribution in [0.5, 0.6) is 5.75 Å². The third-order valence-corrected chi connectivity index (χ3v) is 5.14. The molecule has 5 heteroatoms. The minimum absolute atomic E-state index is 0.175. The zero-order valence-electron chi connectivity index (χ0n) is 16.2. The lowest BCUT2D eigenvalue weighted by Crippen LogP contribution is -2.43. The van der Waals surface area contributed by atoms with Gasteiger partial charge in [-0.2, -0.15) is 0 Å². The van der Waals surface area contributed by atoms with Crippen LogP contribution in [-0.4, -0.2) is 31.1 Å². The van der Waals surface area contributed by atoms with E-state index in [4.69, 9.17) is 9.47 Å². The van der Waals surface area contributed by atoms with Gasteiger partial charge < -0.3 is 14.8 Å². The van der Waals surface area contributed by atoms with Crippen molar-refractivity contribution < 1.29 is 19.1 Å². The van der Waals surface area contributed by atoms with Gasteiger partial charge in [0.1, 0.15) is 5.75 Å². The van der Waals surface area contributed by atoms with Crippen LogP contribution in [0.25, 0.3) is 11.1 Å². The molecular weight excluding hydrogens is 354 g/mol. The average Bonchev–Trinajstić information content (AvgIpc) is 2.73. The van der Waals surface area contributed by atoms with Crippen molar-refractivity contribution >= 4 is 11.9 Å². The molecule has 1 amide bonds. The molecule has 0 saturated heterocycles. The van der Waals surface area contributed by atoms with Crippen molar-refractivity contribution in [3.8, 4) is 16.9 Å². The van der Waals surface area contributed by atoms with Crippen LogP contribution in [0.1, 0.15) is 32.6 Å². The number of rotatable bonds is 7. The summed E-state index contributed by atoms with van der Waals surface area (Å²) in [4.78, 5) is 24.0. The molecule has 28 heavy (non-hydrogen) atoms. The molecule has 3 rings (SSSR count). The smallest absolute Gasteiger partial charge is 0.344 e. The van der Waals surface area contributed by atoms with Gasteiger partial charge in [-0.3, -0.25) is 4.79 Å². The summed E-state index contributed by atoms with van der Waals surface area (Å²) in [6.07, 6.45) is 4.45. The van der Waals surface area contributed by atoms with E-state index in [0.29, 0.717) is 11.7 Å². The molecule has 0 aliphatic heterocycles. The first-order valence-corrected chi connectivity index (χ1v) is 9.85. The Morgan fingerprint density at radius 1 is 0.964 bits per heavy atom. The van der Waals surface area contributed by atoms with E-state index >= 15 is 0 Å². The van der Waals surface area contributed by atoms with E-state index in [1.54, 1.807) is 0 Å². The summed E-state index contributed by atoms with van der Waals surface area (Å²) in [5, 5.41) is 2.97. The largest absolute Gasteiger partial charge is 0.481 e. The number of amides is 1. The lowest BCUT2D eigenvalue weighted by Gasteiger charge is -2.29. The SMILES string of the molecule is CC1CCCCC1NC(=O)COC(=O)COc1ccccc1-c1ccccc1. The standard InChI is InChI=1S/C23H27NO4/c1-17-9-5-7-13-20(17)24-22(25)15-28-23(26)16-27-21-14-8-6-12-19(21)18-10-3-2-4-11-18/h2-4,6,8,10-12,14,17,20H,5,7,9,13,15-16H2,1H3,(H,24,25). The number of carbonyl (C=O) groups is 2. The van der Waals surface area contributed by atoms with Gasteiger partial charge >= 0.3 is 5.97 Å². The van der Waals surface area contributed by atoms with Crippen molar-refractivity contribution in [1.29, 1.82) is 0 Å². The van der Waals surface area contributed by atoms with E-state index in [-0.39, 0.29) is 25.2 Å². The molecule has 0 aromatic heterocycles. The van der Waals surface area contributed by atoms with Crippen LogP contribution in [0.4, 0.5) is 0 Å². The van der Waals surface area contributed by atoms with Crippen LogP contribution >= 0.6 is 0 Å². The topological polar surface area (TPSA) is 64.6 Å². The van der Waals surface area contributed by atoms with Gasteiger partial charge in [0.05, 0.1) is 0 Å². The van der Waals surface area contributed by atoms with Gasteiger partial charge in [0.2, 0.25) is 0 Å². The first-order chi connectivity index (χ1) is 13.6. The van der Waals surface area contributed by atoms with E-state index in [1.165, 1.54) is 6.42 Å². The first kappa shape index (κ1) is 19.9. The van der Waals surface area contributed by atoms with Gasteiger partial charge in [0, 0.05) is 11.6 Å². The van der Waals surface area contributed by atoms with Crippen molar-refractivity contribution in [3.05, 3.63) is 54.6 Å². The third-order valence-electron chi connectivity index (χ3n) is 5.14. The third kappa shape index (κ3) is 5.59. The molecule has 0 spiro atoms. The van der Waals surface area contributed by atoms with Gasteiger partial charge in [0.25, 0.3) is 5.91 Å². The van der Waals surface area contributed by atoms with E-state index in [0.717, 1.165) is 30.4 Å². The van der Waals surface area contributed by atoms with E-state index < -0.39 is 5.97 Å². The Balaban J connectivity index is 1.47. The highest BCUT2D eigenvalue weighted by atomic mass is 16.6. The second-order valence-corrected chi connectivity index (χ2v) is 7.25. The van der Waals surface area contributed by atoms with Crippen molar-refractivity contribution in [2.45, 2.75) is 38.6 Å². The number of benzene rings is 2. The number of ether oxygens (including phenoxy) is 2. The van der Waals surface area contributed by atoms with Crippen molar-refractivity contribution in [2.75, 3.05) is 13.2 Å². The molecule has 2 unspecified atom stereocenters.